The Morgan fingerprint density at radius 2 is 2.07 bits per heavy atom. The molecule has 2 aliphatic rings. The van der Waals surface area contributed by atoms with Crippen molar-refractivity contribution in [2.45, 2.75) is 76.0 Å². The lowest BCUT2D eigenvalue weighted by Gasteiger charge is -2.30. The Kier molecular flexibility index (Phi) is 8.83. The number of benzene rings is 1. The number of carbonyl (C=O) groups excluding carboxylic acids is 1. The third-order valence-electron chi connectivity index (χ3n) is 6.08. The van der Waals surface area contributed by atoms with Crippen LogP contribution in [0.15, 0.2) is 59.8 Å². The van der Waals surface area contributed by atoms with Crippen LogP contribution in [0.4, 0.5) is 0 Å². The van der Waals surface area contributed by atoms with Gasteiger partial charge in [-0.25, -0.2) is 0 Å². The largest absolute Gasteiger partial charge is 0.381 e. The average molecular weight is 425 g/mol. The Hall–Kier alpha value is -1.78. The van der Waals surface area contributed by atoms with Crippen molar-refractivity contribution in [3.63, 3.8) is 0 Å². The van der Waals surface area contributed by atoms with E-state index in [0.29, 0.717) is 29.7 Å². The van der Waals surface area contributed by atoms with Crippen LogP contribution in [0.2, 0.25) is 0 Å². The Morgan fingerprint density at radius 1 is 1.20 bits per heavy atom. The second-order valence-electron chi connectivity index (χ2n) is 8.59. The van der Waals surface area contributed by atoms with E-state index >= 15 is 0 Å². The molecule has 0 heterocycles. The first kappa shape index (κ1) is 22.9. The number of carbonyl (C=O) groups is 1. The van der Waals surface area contributed by atoms with Gasteiger partial charge in [0.25, 0.3) is 0 Å². The maximum Gasteiger partial charge on any atom is 0.139 e. The lowest BCUT2D eigenvalue weighted by atomic mass is 9.87. The molecule has 2 N–H and O–H groups in total. The molecule has 4 heteroatoms. The summed E-state index contributed by atoms with van der Waals surface area (Å²) < 4.78 is 3.74. The predicted octanol–water partition coefficient (Wildman–Crippen LogP) is 6.02. The number of hydrogen-bond donors (Lipinski definition) is 2. The van der Waals surface area contributed by atoms with Crippen molar-refractivity contribution in [1.82, 2.24) is 10.0 Å². The second-order valence-corrected chi connectivity index (χ2v) is 9.67. The van der Waals surface area contributed by atoms with Crippen molar-refractivity contribution in [3.8, 4) is 0 Å². The zero-order valence-electron chi connectivity index (χ0n) is 18.6. The maximum atomic E-state index is 10.8. The summed E-state index contributed by atoms with van der Waals surface area (Å²) in [6, 6.07) is 9.44. The minimum Gasteiger partial charge on any atom is -0.381 e. The monoisotopic (exact) mass is 424 g/mol. The quantitative estimate of drug-likeness (QED) is 0.289. The third kappa shape index (κ3) is 6.12. The van der Waals surface area contributed by atoms with Gasteiger partial charge in [0, 0.05) is 22.9 Å². The highest BCUT2D eigenvalue weighted by Crippen LogP contribution is 2.34. The zero-order chi connectivity index (χ0) is 21.3. The second kappa shape index (κ2) is 11.6. The van der Waals surface area contributed by atoms with Gasteiger partial charge < -0.3 is 10.1 Å². The number of hydrogen-bond acceptors (Lipinski definition) is 4. The molecule has 0 saturated carbocycles. The van der Waals surface area contributed by atoms with Crippen molar-refractivity contribution in [2.24, 2.45) is 0 Å². The minimum atomic E-state index is 0.336. The Bertz CT molecular complexity index is 796. The lowest BCUT2D eigenvalue weighted by Crippen LogP contribution is -2.33. The van der Waals surface area contributed by atoms with Crippen LogP contribution in [0.25, 0.3) is 0 Å². The first-order valence-corrected chi connectivity index (χ1v) is 12.2. The molecule has 3 rings (SSSR count). The summed E-state index contributed by atoms with van der Waals surface area (Å²) in [4.78, 5) is 10.8. The summed E-state index contributed by atoms with van der Waals surface area (Å²) in [6.45, 7) is 6.97. The number of allylic oxidation sites excluding steroid dienone is 3. The van der Waals surface area contributed by atoms with Crippen LogP contribution < -0.4 is 10.0 Å². The van der Waals surface area contributed by atoms with E-state index in [1.54, 1.807) is 0 Å². The van der Waals surface area contributed by atoms with Gasteiger partial charge in [0.2, 0.25) is 0 Å². The van der Waals surface area contributed by atoms with Gasteiger partial charge >= 0.3 is 0 Å². The molecule has 30 heavy (non-hydrogen) atoms. The van der Waals surface area contributed by atoms with Gasteiger partial charge in [0.1, 0.15) is 6.29 Å². The van der Waals surface area contributed by atoms with Gasteiger partial charge in [-0.2, -0.15) is 0 Å². The van der Waals surface area contributed by atoms with E-state index in [0.717, 1.165) is 25.5 Å². The van der Waals surface area contributed by atoms with Crippen LogP contribution in [0, 0.1) is 0 Å². The summed E-state index contributed by atoms with van der Waals surface area (Å²) in [5.74, 6) is 1.11. The molecule has 0 bridgehead atoms. The highest BCUT2D eigenvalue weighted by molar-refractivity contribution is 7.98. The fourth-order valence-corrected chi connectivity index (χ4v) is 5.36. The first-order valence-electron chi connectivity index (χ1n) is 11.3. The highest BCUT2D eigenvalue weighted by Gasteiger charge is 2.24. The van der Waals surface area contributed by atoms with Crippen molar-refractivity contribution in [1.29, 1.82) is 0 Å². The summed E-state index contributed by atoms with van der Waals surface area (Å²) in [5, 5.41) is 3.82. The molecule has 2 aliphatic carbocycles. The number of nitrogens with one attached hydrogen (secondary N) is 2. The molecule has 1 aromatic rings. The molecule has 0 saturated heterocycles. The van der Waals surface area contributed by atoms with Crippen molar-refractivity contribution in [3.05, 3.63) is 71.0 Å². The SMILES string of the molecule is C/C=C\C1=C(NCC=O)CCC[C@H]1NSC1C=CC(c2cccc(C(C)C)c2)CC1. The van der Waals surface area contributed by atoms with E-state index < -0.39 is 0 Å². The molecule has 1 aromatic carbocycles. The van der Waals surface area contributed by atoms with Crippen molar-refractivity contribution in [2.75, 3.05) is 6.54 Å². The summed E-state index contributed by atoms with van der Waals surface area (Å²) in [6.07, 6.45) is 15.7. The maximum absolute atomic E-state index is 10.8. The molecule has 0 radical (unpaired) electrons. The van der Waals surface area contributed by atoms with Crippen LogP contribution in [-0.2, 0) is 4.79 Å². The standard InChI is InChI=1S/C26H36N2OS/c1-4-7-24-25(27-16-17-29)10-6-11-26(24)28-30-23-14-12-20(13-15-23)22-9-5-8-21(18-22)19(2)3/h4-5,7-9,12,14,17-20,23,26-28H,6,10-11,13,15-16H2,1-3H3/b7-4-/t20?,23?,26-/m1/s1. The van der Waals surface area contributed by atoms with Crippen LogP contribution in [0.5, 0.6) is 0 Å². The molecule has 3 nitrogen and oxygen atoms in total. The van der Waals surface area contributed by atoms with Gasteiger partial charge in [-0.15, -0.1) is 0 Å². The normalized spacial score (nSPS) is 24.6. The predicted molar refractivity (Wildman–Crippen MR) is 130 cm³/mol. The van der Waals surface area contributed by atoms with Crippen molar-refractivity contribution < 1.29 is 4.79 Å². The van der Waals surface area contributed by atoms with Crippen LogP contribution in [0.1, 0.15) is 75.8 Å². The van der Waals surface area contributed by atoms with Crippen molar-refractivity contribution >= 4 is 18.2 Å². The van der Waals surface area contributed by atoms with Gasteiger partial charge in [0.15, 0.2) is 0 Å². The fraction of sp³-hybridized carbons (Fsp3) is 0.500. The van der Waals surface area contributed by atoms with E-state index in [2.05, 4.69) is 79.4 Å². The summed E-state index contributed by atoms with van der Waals surface area (Å²) in [7, 11) is 0. The number of aldehydes is 1. The molecule has 3 atom stereocenters. The lowest BCUT2D eigenvalue weighted by molar-refractivity contribution is -0.107. The highest BCUT2D eigenvalue weighted by atomic mass is 32.2. The van der Waals surface area contributed by atoms with Gasteiger partial charge in [-0.05, 0) is 61.6 Å². The molecule has 0 fully saturated rings. The smallest absolute Gasteiger partial charge is 0.139 e. The van der Waals surface area contributed by atoms with Crippen LogP contribution in [0.3, 0.4) is 0 Å². The zero-order valence-corrected chi connectivity index (χ0v) is 19.4. The number of rotatable bonds is 9. The first-order chi connectivity index (χ1) is 14.6. The Balaban J connectivity index is 1.59. The molecule has 0 spiro atoms. The molecule has 0 aliphatic heterocycles. The molecule has 2 unspecified atom stereocenters. The van der Waals surface area contributed by atoms with Gasteiger partial charge in [-0.3, -0.25) is 4.72 Å². The molecule has 162 valence electrons. The van der Waals surface area contributed by atoms with Gasteiger partial charge in [-0.1, -0.05) is 74.4 Å². The minimum absolute atomic E-state index is 0.336. The molecule has 0 amide bonds. The van der Waals surface area contributed by atoms with E-state index in [1.165, 1.54) is 35.2 Å². The van der Waals surface area contributed by atoms with Crippen LogP contribution in [-0.4, -0.2) is 24.1 Å². The van der Waals surface area contributed by atoms with E-state index in [4.69, 9.17) is 0 Å². The van der Waals surface area contributed by atoms with Gasteiger partial charge in [0.05, 0.1) is 6.54 Å². The van der Waals surface area contributed by atoms with Crippen LogP contribution >= 0.6 is 11.9 Å². The fourth-order valence-electron chi connectivity index (χ4n) is 4.36. The van der Waals surface area contributed by atoms with E-state index in [-0.39, 0.29) is 0 Å². The summed E-state index contributed by atoms with van der Waals surface area (Å²) >= 11 is 1.86. The molecular formula is C26H36N2OS. The average Bonchev–Trinajstić information content (AvgIpc) is 2.78. The topological polar surface area (TPSA) is 41.1 Å². The van der Waals surface area contributed by atoms with E-state index in [9.17, 15) is 4.79 Å². The third-order valence-corrected chi connectivity index (χ3v) is 7.19. The summed E-state index contributed by atoms with van der Waals surface area (Å²) in [5.41, 5.74) is 5.40. The Morgan fingerprint density at radius 3 is 2.77 bits per heavy atom. The Labute approximate surface area is 186 Å². The molecular weight excluding hydrogens is 388 g/mol. The molecule has 0 aromatic heterocycles. The van der Waals surface area contributed by atoms with E-state index in [1.807, 2.05) is 11.9 Å².